The number of hydrogen-bond donors (Lipinski definition) is 1. The molecule has 0 aromatic heterocycles. The highest BCUT2D eigenvalue weighted by Crippen LogP contribution is 2.39. The monoisotopic (exact) mass is 197 g/mol. The first kappa shape index (κ1) is 10.4. The summed E-state index contributed by atoms with van der Waals surface area (Å²) in [5.41, 5.74) is 6.32. The summed E-state index contributed by atoms with van der Waals surface area (Å²) < 4.78 is 0. The zero-order valence-electron chi connectivity index (χ0n) is 9.50. The highest BCUT2D eigenvalue weighted by atomic mass is 15.2. The minimum atomic E-state index is 0.570. The Kier molecular flexibility index (Phi) is 2.82. The van der Waals surface area contributed by atoms with E-state index in [-0.39, 0.29) is 0 Å². The predicted octanol–water partition coefficient (Wildman–Crippen LogP) is 0.361. The van der Waals surface area contributed by atoms with Gasteiger partial charge in [0.1, 0.15) is 0 Å². The zero-order valence-corrected chi connectivity index (χ0v) is 9.50. The third-order valence-corrected chi connectivity index (χ3v) is 4.06. The molecule has 0 bridgehead atoms. The standard InChI is InChI=1S/C11H23N3/c1-10(7-12)14-6-4-11(9-14)3-5-13(2)8-11/h10H,3-9,12H2,1-2H3. The lowest BCUT2D eigenvalue weighted by Crippen LogP contribution is -2.38. The fraction of sp³-hybridized carbons (Fsp3) is 1.00. The van der Waals surface area contributed by atoms with E-state index in [1.54, 1.807) is 0 Å². The zero-order chi connectivity index (χ0) is 10.2. The molecular formula is C11H23N3. The van der Waals surface area contributed by atoms with Gasteiger partial charge in [-0.15, -0.1) is 0 Å². The van der Waals surface area contributed by atoms with Gasteiger partial charge in [-0.2, -0.15) is 0 Å². The van der Waals surface area contributed by atoms with Crippen LogP contribution < -0.4 is 5.73 Å². The van der Waals surface area contributed by atoms with Crippen LogP contribution in [0.3, 0.4) is 0 Å². The van der Waals surface area contributed by atoms with Gasteiger partial charge in [-0.25, -0.2) is 0 Å². The van der Waals surface area contributed by atoms with Crippen molar-refractivity contribution in [1.82, 2.24) is 9.80 Å². The molecule has 3 heteroatoms. The molecular weight excluding hydrogens is 174 g/mol. The second-order valence-corrected chi connectivity index (χ2v) is 5.29. The van der Waals surface area contributed by atoms with Gasteiger partial charge >= 0.3 is 0 Å². The Morgan fingerprint density at radius 3 is 2.57 bits per heavy atom. The molecule has 2 rings (SSSR count). The lowest BCUT2D eigenvalue weighted by atomic mass is 9.86. The Hall–Kier alpha value is -0.120. The van der Waals surface area contributed by atoms with Gasteiger partial charge in [0.25, 0.3) is 0 Å². The van der Waals surface area contributed by atoms with Gasteiger partial charge in [0, 0.05) is 25.7 Å². The van der Waals surface area contributed by atoms with Gasteiger partial charge < -0.3 is 10.6 Å². The summed E-state index contributed by atoms with van der Waals surface area (Å²) in [7, 11) is 2.24. The van der Waals surface area contributed by atoms with Crippen molar-refractivity contribution in [3.63, 3.8) is 0 Å². The molecule has 3 nitrogen and oxygen atoms in total. The molecule has 2 aliphatic rings. The summed E-state index contributed by atoms with van der Waals surface area (Å²) in [6.45, 7) is 8.15. The minimum Gasteiger partial charge on any atom is -0.329 e. The first-order chi connectivity index (χ1) is 6.65. The molecule has 2 aliphatic heterocycles. The molecule has 14 heavy (non-hydrogen) atoms. The molecule has 1 spiro atoms. The molecule has 0 aromatic carbocycles. The summed E-state index contributed by atoms with van der Waals surface area (Å²) >= 11 is 0. The molecule has 0 saturated carbocycles. The van der Waals surface area contributed by atoms with Crippen molar-refractivity contribution in [3.8, 4) is 0 Å². The molecule has 0 aromatic rings. The Morgan fingerprint density at radius 1 is 1.29 bits per heavy atom. The van der Waals surface area contributed by atoms with Gasteiger partial charge in [-0.3, -0.25) is 4.90 Å². The van der Waals surface area contributed by atoms with Crippen molar-refractivity contribution < 1.29 is 0 Å². The number of likely N-dealkylation sites (tertiary alicyclic amines) is 2. The molecule has 2 fully saturated rings. The molecule has 2 heterocycles. The molecule has 2 N–H and O–H groups in total. The first-order valence-corrected chi connectivity index (χ1v) is 5.78. The van der Waals surface area contributed by atoms with Crippen LogP contribution in [0, 0.1) is 5.41 Å². The normalized spacial score (nSPS) is 37.1. The largest absolute Gasteiger partial charge is 0.329 e. The average molecular weight is 197 g/mol. The van der Waals surface area contributed by atoms with Crippen LogP contribution in [0.25, 0.3) is 0 Å². The molecule has 2 saturated heterocycles. The van der Waals surface area contributed by atoms with Crippen LogP contribution in [0.1, 0.15) is 19.8 Å². The van der Waals surface area contributed by atoms with Gasteiger partial charge in [-0.1, -0.05) is 0 Å². The van der Waals surface area contributed by atoms with Crippen molar-refractivity contribution in [3.05, 3.63) is 0 Å². The molecule has 0 aliphatic carbocycles. The van der Waals surface area contributed by atoms with Gasteiger partial charge in [0.05, 0.1) is 0 Å². The second kappa shape index (κ2) is 3.80. The highest BCUT2D eigenvalue weighted by Gasteiger charge is 2.42. The van der Waals surface area contributed by atoms with E-state index in [4.69, 9.17) is 5.73 Å². The fourth-order valence-electron chi connectivity index (χ4n) is 2.99. The molecule has 2 unspecified atom stereocenters. The molecule has 0 radical (unpaired) electrons. The van der Waals surface area contributed by atoms with Crippen molar-refractivity contribution >= 4 is 0 Å². The van der Waals surface area contributed by atoms with E-state index >= 15 is 0 Å². The Balaban J connectivity index is 1.94. The highest BCUT2D eigenvalue weighted by molar-refractivity contribution is 4.97. The molecule has 82 valence electrons. The number of rotatable bonds is 2. The SMILES string of the molecule is CC(CN)N1CCC2(CCN(C)C2)C1. The van der Waals surface area contributed by atoms with Crippen LogP contribution in [0.4, 0.5) is 0 Å². The van der Waals surface area contributed by atoms with Crippen LogP contribution >= 0.6 is 0 Å². The maximum absolute atomic E-state index is 5.71. The van der Waals surface area contributed by atoms with Crippen LogP contribution in [0.5, 0.6) is 0 Å². The summed E-state index contributed by atoms with van der Waals surface area (Å²) in [5.74, 6) is 0. The van der Waals surface area contributed by atoms with Gasteiger partial charge in [0.15, 0.2) is 0 Å². The van der Waals surface area contributed by atoms with E-state index in [2.05, 4.69) is 23.8 Å². The number of nitrogens with zero attached hydrogens (tertiary/aromatic N) is 2. The van der Waals surface area contributed by atoms with Gasteiger partial charge in [0.2, 0.25) is 0 Å². The van der Waals surface area contributed by atoms with Crippen molar-refractivity contribution in [1.29, 1.82) is 0 Å². The van der Waals surface area contributed by atoms with E-state index in [1.165, 1.54) is 39.0 Å². The van der Waals surface area contributed by atoms with E-state index < -0.39 is 0 Å². The fourth-order valence-corrected chi connectivity index (χ4v) is 2.99. The third kappa shape index (κ3) is 1.81. The lowest BCUT2D eigenvalue weighted by Gasteiger charge is -2.27. The topological polar surface area (TPSA) is 32.5 Å². The van der Waals surface area contributed by atoms with Crippen LogP contribution in [-0.4, -0.2) is 55.6 Å². The maximum Gasteiger partial charge on any atom is 0.0190 e. The summed E-state index contributed by atoms with van der Waals surface area (Å²) in [6.07, 6.45) is 2.76. The van der Waals surface area contributed by atoms with Gasteiger partial charge in [-0.05, 0) is 45.3 Å². The summed E-state index contributed by atoms with van der Waals surface area (Å²) in [6, 6.07) is 0.570. The number of nitrogens with two attached hydrogens (primary N) is 1. The van der Waals surface area contributed by atoms with Crippen LogP contribution in [0.15, 0.2) is 0 Å². The maximum atomic E-state index is 5.71. The Bertz CT molecular complexity index is 207. The Labute approximate surface area is 87.2 Å². The lowest BCUT2D eigenvalue weighted by molar-refractivity contribution is 0.216. The predicted molar refractivity (Wildman–Crippen MR) is 59.3 cm³/mol. The van der Waals surface area contributed by atoms with Crippen LogP contribution in [-0.2, 0) is 0 Å². The first-order valence-electron chi connectivity index (χ1n) is 5.78. The van der Waals surface area contributed by atoms with E-state index in [1.807, 2.05) is 0 Å². The van der Waals surface area contributed by atoms with Crippen molar-refractivity contribution in [2.24, 2.45) is 11.1 Å². The quantitative estimate of drug-likeness (QED) is 0.694. The van der Waals surface area contributed by atoms with E-state index in [9.17, 15) is 0 Å². The summed E-state index contributed by atoms with van der Waals surface area (Å²) in [4.78, 5) is 5.04. The molecule has 2 atom stereocenters. The average Bonchev–Trinajstić information content (AvgIpc) is 2.74. The van der Waals surface area contributed by atoms with Crippen molar-refractivity contribution in [2.75, 3.05) is 39.8 Å². The smallest absolute Gasteiger partial charge is 0.0190 e. The second-order valence-electron chi connectivity index (χ2n) is 5.29. The minimum absolute atomic E-state index is 0.570. The van der Waals surface area contributed by atoms with Crippen molar-refractivity contribution in [2.45, 2.75) is 25.8 Å². The van der Waals surface area contributed by atoms with E-state index in [0.717, 1.165) is 6.54 Å². The third-order valence-electron chi connectivity index (χ3n) is 4.06. The number of hydrogen-bond acceptors (Lipinski definition) is 3. The summed E-state index contributed by atoms with van der Waals surface area (Å²) in [5, 5.41) is 0. The van der Waals surface area contributed by atoms with E-state index in [0.29, 0.717) is 11.5 Å². The van der Waals surface area contributed by atoms with Crippen LogP contribution in [0.2, 0.25) is 0 Å². The Morgan fingerprint density at radius 2 is 2.00 bits per heavy atom. The molecule has 0 amide bonds.